The maximum atomic E-state index is 5.99. The molecule has 3 atom stereocenters. The number of fused-ring (bicyclic) bond motifs is 1. The van der Waals surface area contributed by atoms with Crippen LogP contribution in [0.15, 0.2) is 37.2 Å². The highest BCUT2D eigenvalue weighted by molar-refractivity contribution is 5.74. The first-order chi connectivity index (χ1) is 12.5. The number of hydrogen-bond donors (Lipinski definition) is 1. The molecule has 0 amide bonds. The summed E-state index contributed by atoms with van der Waals surface area (Å²) >= 11 is 0. The summed E-state index contributed by atoms with van der Waals surface area (Å²) in [5, 5.41) is 3.27. The third-order valence-electron chi connectivity index (χ3n) is 4.79. The van der Waals surface area contributed by atoms with Crippen LogP contribution in [0.5, 0.6) is 0 Å². The van der Waals surface area contributed by atoms with Gasteiger partial charge >= 0.3 is 0 Å². The lowest BCUT2D eigenvalue weighted by Crippen LogP contribution is -2.50. The number of ether oxygens (including phenoxy) is 3. The lowest BCUT2D eigenvalue weighted by molar-refractivity contribution is -0.155. The molecule has 6 heteroatoms. The largest absolute Gasteiger partial charge is 0.356 e. The number of hydrogen-bond acceptors (Lipinski definition) is 6. The first-order valence-electron chi connectivity index (χ1n) is 9.14. The summed E-state index contributed by atoms with van der Waals surface area (Å²) < 4.78 is 17.8. The van der Waals surface area contributed by atoms with Gasteiger partial charge in [-0.2, -0.15) is 0 Å². The Balaban J connectivity index is 1.43. The molecule has 1 N–H and O–H groups in total. The lowest BCUT2D eigenvalue weighted by atomic mass is 10.0. The topological polar surface area (TPSA) is 65.5 Å². The normalized spacial score (nSPS) is 29.8. The van der Waals surface area contributed by atoms with E-state index in [0.717, 1.165) is 24.8 Å². The second kappa shape index (κ2) is 6.95. The molecule has 2 fully saturated rings. The summed E-state index contributed by atoms with van der Waals surface area (Å²) in [7, 11) is 0. The van der Waals surface area contributed by atoms with E-state index in [2.05, 4.69) is 40.1 Å². The Morgan fingerprint density at radius 2 is 2.04 bits per heavy atom. The quantitative estimate of drug-likeness (QED) is 0.896. The number of aromatic nitrogens is 2. The van der Waals surface area contributed by atoms with E-state index in [0.29, 0.717) is 18.1 Å². The summed E-state index contributed by atoms with van der Waals surface area (Å²) in [6.07, 6.45) is 12.7. The SMILES string of the molecule is C=C(NC1OCCC2OC(C)(C)OC21)c1ncc(C2=CCCC=C2)cn1. The van der Waals surface area contributed by atoms with E-state index >= 15 is 0 Å². The summed E-state index contributed by atoms with van der Waals surface area (Å²) in [6.45, 7) is 8.54. The molecule has 138 valence electrons. The van der Waals surface area contributed by atoms with Crippen LogP contribution in [0.4, 0.5) is 0 Å². The van der Waals surface area contributed by atoms with Crippen molar-refractivity contribution in [2.45, 2.75) is 57.3 Å². The molecule has 0 aromatic carbocycles. The molecule has 0 saturated carbocycles. The van der Waals surface area contributed by atoms with Gasteiger partial charge in [-0.3, -0.25) is 0 Å². The average molecular weight is 355 g/mol. The molecule has 2 saturated heterocycles. The minimum Gasteiger partial charge on any atom is -0.356 e. The summed E-state index contributed by atoms with van der Waals surface area (Å²) in [6, 6.07) is 0. The zero-order valence-corrected chi connectivity index (χ0v) is 15.3. The maximum Gasteiger partial charge on any atom is 0.175 e. The Morgan fingerprint density at radius 1 is 1.23 bits per heavy atom. The highest BCUT2D eigenvalue weighted by Crippen LogP contribution is 2.34. The lowest BCUT2D eigenvalue weighted by Gasteiger charge is -2.32. The number of rotatable bonds is 4. The standard InChI is InChI=1S/C20H25N3O3/c1-13(18-21-11-15(12-22-18)14-7-5-4-6-8-14)23-19-17-16(9-10-24-19)25-20(2,3)26-17/h5,7-8,11-12,16-17,19,23H,1,4,6,9-10H2,2-3H3. The molecular weight excluding hydrogens is 330 g/mol. The predicted molar refractivity (Wildman–Crippen MR) is 98.7 cm³/mol. The van der Waals surface area contributed by atoms with E-state index in [-0.39, 0.29) is 18.4 Å². The second-order valence-corrected chi connectivity index (χ2v) is 7.28. The van der Waals surface area contributed by atoms with Gasteiger partial charge in [0.15, 0.2) is 17.8 Å². The fourth-order valence-corrected chi connectivity index (χ4v) is 3.57. The van der Waals surface area contributed by atoms with Crippen LogP contribution in [0.25, 0.3) is 11.3 Å². The maximum absolute atomic E-state index is 5.99. The molecule has 6 nitrogen and oxygen atoms in total. The van der Waals surface area contributed by atoms with Crippen molar-refractivity contribution in [2.75, 3.05) is 6.61 Å². The monoisotopic (exact) mass is 355 g/mol. The van der Waals surface area contributed by atoms with E-state index in [9.17, 15) is 0 Å². The molecule has 26 heavy (non-hydrogen) atoms. The molecule has 0 radical (unpaired) electrons. The van der Waals surface area contributed by atoms with E-state index in [1.165, 1.54) is 5.57 Å². The van der Waals surface area contributed by atoms with Gasteiger partial charge in [0.05, 0.1) is 18.4 Å². The average Bonchev–Trinajstić information content (AvgIpc) is 2.97. The highest BCUT2D eigenvalue weighted by atomic mass is 16.8. The van der Waals surface area contributed by atoms with Gasteiger partial charge in [-0.25, -0.2) is 9.97 Å². The van der Waals surface area contributed by atoms with Crippen molar-refractivity contribution >= 4 is 11.3 Å². The van der Waals surface area contributed by atoms with Crippen molar-refractivity contribution in [1.29, 1.82) is 0 Å². The second-order valence-electron chi connectivity index (χ2n) is 7.28. The number of allylic oxidation sites excluding steroid dienone is 4. The van der Waals surface area contributed by atoms with E-state index in [4.69, 9.17) is 14.2 Å². The van der Waals surface area contributed by atoms with Crippen LogP contribution in [0.3, 0.4) is 0 Å². The molecule has 3 unspecified atom stereocenters. The Hall–Kier alpha value is -2.02. The third kappa shape index (κ3) is 3.58. The van der Waals surface area contributed by atoms with Crippen LogP contribution in [0.2, 0.25) is 0 Å². The van der Waals surface area contributed by atoms with Crippen LogP contribution < -0.4 is 5.32 Å². The summed E-state index contributed by atoms with van der Waals surface area (Å²) in [4.78, 5) is 8.92. The number of nitrogens with zero attached hydrogens (tertiary/aromatic N) is 2. The zero-order valence-electron chi connectivity index (χ0n) is 15.3. The molecule has 1 aromatic rings. The van der Waals surface area contributed by atoms with Crippen molar-refractivity contribution in [2.24, 2.45) is 0 Å². The molecular formula is C20H25N3O3. The molecule has 0 bridgehead atoms. The molecule has 2 aliphatic heterocycles. The van der Waals surface area contributed by atoms with Crippen LogP contribution >= 0.6 is 0 Å². The van der Waals surface area contributed by atoms with Gasteiger partial charge < -0.3 is 19.5 Å². The Labute approximate surface area is 154 Å². The zero-order chi connectivity index (χ0) is 18.1. The molecule has 4 rings (SSSR count). The van der Waals surface area contributed by atoms with Crippen LogP contribution in [-0.4, -0.2) is 40.8 Å². The van der Waals surface area contributed by atoms with Gasteiger partial charge in [0.25, 0.3) is 0 Å². The van der Waals surface area contributed by atoms with Crippen molar-refractivity contribution in [1.82, 2.24) is 15.3 Å². The highest BCUT2D eigenvalue weighted by Gasteiger charge is 2.47. The minimum absolute atomic E-state index is 0.0253. The van der Waals surface area contributed by atoms with Crippen LogP contribution in [-0.2, 0) is 14.2 Å². The van der Waals surface area contributed by atoms with Gasteiger partial charge in [-0.05, 0) is 38.7 Å². The van der Waals surface area contributed by atoms with Gasteiger partial charge in [-0.15, -0.1) is 0 Å². The van der Waals surface area contributed by atoms with E-state index < -0.39 is 5.79 Å². The van der Waals surface area contributed by atoms with Crippen molar-refractivity contribution < 1.29 is 14.2 Å². The summed E-state index contributed by atoms with van der Waals surface area (Å²) in [5.41, 5.74) is 2.79. The van der Waals surface area contributed by atoms with Crippen molar-refractivity contribution in [3.63, 3.8) is 0 Å². The number of nitrogens with one attached hydrogen (secondary N) is 1. The van der Waals surface area contributed by atoms with Gasteiger partial charge in [0.1, 0.15) is 6.10 Å². The minimum atomic E-state index is -0.594. The molecule has 1 aliphatic carbocycles. The van der Waals surface area contributed by atoms with Gasteiger partial charge in [0, 0.05) is 18.0 Å². The molecule has 3 aliphatic rings. The fraction of sp³-hybridized carbons (Fsp3) is 0.500. The van der Waals surface area contributed by atoms with E-state index in [1.54, 1.807) is 0 Å². The Bertz CT molecular complexity index is 739. The Kier molecular flexibility index (Phi) is 4.65. The van der Waals surface area contributed by atoms with Gasteiger partial charge in [-0.1, -0.05) is 24.8 Å². The molecule has 0 spiro atoms. The van der Waals surface area contributed by atoms with E-state index in [1.807, 2.05) is 26.2 Å². The summed E-state index contributed by atoms with van der Waals surface area (Å²) in [5.74, 6) is -0.0398. The van der Waals surface area contributed by atoms with Crippen molar-refractivity contribution in [3.05, 3.63) is 48.6 Å². The smallest absolute Gasteiger partial charge is 0.175 e. The molecule has 1 aromatic heterocycles. The first kappa shape index (κ1) is 17.4. The van der Waals surface area contributed by atoms with Crippen LogP contribution in [0, 0.1) is 0 Å². The fourth-order valence-electron chi connectivity index (χ4n) is 3.57. The van der Waals surface area contributed by atoms with Crippen LogP contribution in [0.1, 0.15) is 44.5 Å². The Morgan fingerprint density at radius 3 is 2.77 bits per heavy atom. The third-order valence-corrected chi connectivity index (χ3v) is 4.79. The molecule has 3 heterocycles. The van der Waals surface area contributed by atoms with Gasteiger partial charge in [0.2, 0.25) is 0 Å². The first-order valence-corrected chi connectivity index (χ1v) is 9.14. The predicted octanol–water partition coefficient (Wildman–Crippen LogP) is 3.04. The van der Waals surface area contributed by atoms with Crippen molar-refractivity contribution in [3.8, 4) is 0 Å².